The van der Waals surface area contributed by atoms with Gasteiger partial charge in [0.15, 0.2) is 0 Å². The van der Waals surface area contributed by atoms with E-state index in [0.29, 0.717) is 0 Å². The first-order valence-electron chi connectivity index (χ1n) is 5.50. The van der Waals surface area contributed by atoms with Gasteiger partial charge in [0.05, 0.1) is 18.4 Å². The van der Waals surface area contributed by atoms with Crippen molar-refractivity contribution in [2.24, 2.45) is 5.29 Å². The van der Waals surface area contributed by atoms with Gasteiger partial charge in [0, 0.05) is 0 Å². The number of amides is 2. The molecule has 0 aromatic rings. The third kappa shape index (κ3) is 5.13. The number of carbonyl (C=O) groups excluding carboxylic acids is 2. The van der Waals surface area contributed by atoms with Crippen molar-refractivity contribution in [3.63, 3.8) is 0 Å². The first-order chi connectivity index (χ1) is 9.42. The molecule has 116 valence electrons. The van der Waals surface area contributed by atoms with E-state index >= 15 is 0 Å². The summed E-state index contributed by atoms with van der Waals surface area (Å²) in [5.41, 5.74) is 0. The molecule has 5 N–H and O–H groups in total. The van der Waals surface area contributed by atoms with Gasteiger partial charge in [0.25, 0.3) is 0 Å². The van der Waals surface area contributed by atoms with Gasteiger partial charge in [-0.25, -0.2) is 9.18 Å². The second-order valence-corrected chi connectivity index (χ2v) is 3.74. The minimum absolute atomic E-state index is 0.0360. The molecule has 2 amide bonds. The minimum Gasteiger partial charge on any atom is -0.394 e. The smallest absolute Gasteiger partial charge is 0.341 e. The number of aldehydes is 1. The van der Waals surface area contributed by atoms with Crippen LogP contribution in [0.1, 0.15) is 0 Å². The molecule has 11 heteroatoms. The number of hydrogen-bond donors (Lipinski definition) is 5. The van der Waals surface area contributed by atoms with E-state index in [4.69, 9.17) is 10.2 Å². The first-order valence-corrected chi connectivity index (χ1v) is 5.50. The Morgan fingerprint density at radius 2 is 1.95 bits per heavy atom. The van der Waals surface area contributed by atoms with Crippen LogP contribution in [0.4, 0.5) is 9.18 Å². The number of nitrogens with one attached hydrogen (secondary N) is 1. The van der Waals surface area contributed by atoms with Crippen LogP contribution < -0.4 is 5.32 Å². The Kier molecular flexibility index (Phi) is 8.47. The van der Waals surface area contributed by atoms with Crippen molar-refractivity contribution < 1.29 is 34.4 Å². The molecule has 0 aromatic heterocycles. The average molecular weight is 297 g/mol. The van der Waals surface area contributed by atoms with Crippen LogP contribution in [0.3, 0.4) is 0 Å². The Balaban J connectivity index is 4.72. The summed E-state index contributed by atoms with van der Waals surface area (Å²) in [6.07, 6.45) is -5.57. The molecule has 0 unspecified atom stereocenters. The molecular weight excluding hydrogens is 281 g/mol. The molecule has 0 fully saturated rings. The molecule has 20 heavy (non-hydrogen) atoms. The maximum Gasteiger partial charge on any atom is 0.341 e. The number of urea groups is 1. The number of hydrogen-bond acceptors (Lipinski definition) is 8. The lowest BCUT2D eigenvalue weighted by Crippen LogP contribution is -2.55. The lowest BCUT2D eigenvalue weighted by atomic mass is 10.0. The number of carbonyl (C=O) groups is 2. The topological polar surface area (TPSA) is 160 Å². The van der Waals surface area contributed by atoms with Gasteiger partial charge in [-0.1, -0.05) is 0 Å². The van der Waals surface area contributed by atoms with Crippen molar-refractivity contribution in [3.05, 3.63) is 4.91 Å². The maximum atomic E-state index is 12.0. The lowest BCUT2D eigenvalue weighted by molar-refractivity contribution is -0.119. The van der Waals surface area contributed by atoms with E-state index in [-0.39, 0.29) is 11.3 Å². The van der Waals surface area contributed by atoms with Gasteiger partial charge < -0.3 is 30.5 Å². The van der Waals surface area contributed by atoms with E-state index in [1.165, 1.54) is 0 Å². The summed E-state index contributed by atoms with van der Waals surface area (Å²) in [7, 11) is 0. The lowest BCUT2D eigenvalue weighted by Gasteiger charge is -2.26. The molecular formula is C9H16FN3O7. The number of halogens is 1. The highest BCUT2D eigenvalue weighted by molar-refractivity contribution is 5.78. The summed E-state index contributed by atoms with van der Waals surface area (Å²) >= 11 is 0. The highest BCUT2D eigenvalue weighted by Gasteiger charge is 2.33. The van der Waals surface area contributed by atoms with Crippen molar-refractivity contribution in [1.29, 1.82) is 0 Å². The Morgan fingerprint density at radius 1 is 1.35 bits per heavy atom. The maximum absolute atomic E-state index is 12.0. The Hall–Kier alpha value is -1.69. The van der Waals surface area contributed by atoms with Gasteiger partial charge in [0.1, 0.15) is 37.3 Å². The van der Waals surface area contributed by atoms with Crippen LogP contribution >= 0.6 is 0 Å². The van der Waals surface area contributed by atoms with Gasteiger partial charge in [-0.15, -0.1) is 4.91 Å². The summed E-state index contributed by atoms with van der Waals surface area (Å²) in [5.74, 6) is 0. The Labute approximate surface area is 112 Å². The van der Waals surface area contributed by atoms with Crippen LogP contribution in [0, 0.1) is 4.91 Å². The third-order valence-electron chi connectivity index (χ3n) is 2.37. The van der Waals surface area contributed by atoms with Gasteiger partial charge in [-0.2, -0.15) is 5.01 Å². The zero-order valence-electron chi connectivity index (χ0n) is 10.3. The number of nitrogens with zero attached hydrogens (tertiary/aromatic N) is 2. The highest BCUT2D eigenvalue weighted by atomic mass is 19.1. The van der Waals surface area contributed by atoms with Crippen molar-refractivity contribution in [2.45, 2.75) is 24.4 Å². The van der Waals surface area contributed by atoms with Gasteiger partial charge in [0.2, 0.25) is 0 Å². The number of aliphatic hydroxyl groups excluding tert-OH is 4. The van der Waals surface area contributed by atoms with E-state index in [1.807, 2.05) is 5.32 Å². The molecule has 0 bridgehead atoms. The standard InChI is InChI=1S/C9H16FN3O7/c10-1-2-13(12-20)9(19)11-5(3-14)7(17)8(18)6(16)4-15/h3,5-8,15-18H,1-2,4H2,(H,11,19)/t5-,6-,7+,8-/m1/s1. The van der Waals surface area contributed by atoms with Crippen LogP contribution in [0.25, 0.3) is 0 Å². The summed E-state index contributed by atoms with van der Waals surface area (Å²) in [4.78, 5) is 32.4. The Bertz CT molecular complexity index is 333. The third-order valence-corrected chi connectivity index (χ3v) is 2.37. The fourth-order valence-electron chi connectivity index (χ4n) is 1.22. The second-order valence-electron chi connectivity index (χ2n) is 3.74. The quantitative estimate of drug-likeness (QED) is 0.176. The SMILES string of the molecule is O=C[C@@H](NC(=O)N(CCF)N=O)[C@H](O)[C@H](O)[C@H](O)CO. The van der Waals surface area contributed by atoms with Crippen LogP contribution in [0.5, 0.6) is 0 Å². The zero-order chi connectivity index (χ0) is 15.7. The molecule has 0 rings (SSSR count). The number of aliphatic hydroxyl groups is 4. The fourth-order valence-corrected chi connectivity index (χ4v) is 1.22. The zero-order valence-corrected chi connectivity index (χ0v) is 10.3. The van der Waals surface area contributed by atoms with Crippen molar-refractivity contribution in [1.82, 2.24) is 10.3 Å². The van der Waals surface area contributed by atoms with E-state index < -0.39 is 50.2 Å². The molecule has 0 saturated carbocycles. The molecule has 0 aliphatic carbocycles. The molecule has 10 nitrogen and oxygen atoms in total. The minimum atomic E-state index is -1.95. The van der Waals surface area contributed by atoms with Crippen molar-refractivity contribution >= 4 is 12.3 Å². The molecule has 4 atom stereocenters. The fraction of sp³-hybridized carbons (Fsp3) is 0.778. The first kappa shape index (κ1) is 18.3. The number of rotatable bonds is 9. The molecule has 0 radical (unpaired) electrons. The predicted octanol–water partition coefficient (Wildman–Crippen LogP) is -2.71. The summed E-state index contributed by atoms with van der Waals surface area (Å²) in [5, 5.41) is 40.8. The van der Waals surface area contributed by atoms with Crippen molar-refractivity contribution in [2.75, 3.05) is 19.8 Å². The molecule has 0 heterocycles. The Morgan fingerprint density at radius 3 is 2.35 bits per heavy atom. The van der Waals surface area contributed by atoms with E-state index in [2.05, 4.69) is 5.29 Å². The van der Waals surface area contributed by atoms with Gasteiger partial charge >= 0.3 is 6.03 Å². The molecule has 0 aliphatic rings. The molecule has 0 aliphatic heterocycles. The molecule has 0 spiro atoms. The summed E-state index contributed by atoms with van der Waals surface area (Å²) < 4.78 is 12.0. The monoisotopic (exact) mass is 297 g/mol. The second kappa shape index (κ2) is 9.25. The normalized spacial score (nSPS) is 16.6. The molecule has 0 aromatic carbocycles. The average Bonchev–Trinajstić information content (AvgIpc) is 2.47. The van der Waals surface area contributed by atoms with Crippen LogP contribution in [0.2, 0.25) is 0 Å². The summed E-state index contributed by atoms with van der Waals surface area (Å²) in [6, 6.07) is -2.96. The predicted molar refractivity (Wildman–Crippen MR) is 62.0 cm³/mol. The van der Waals surface area contributed by atoms with Crippen LogP contribution in [-0.4, -0.2) is 81.9 Å². The number of alkyl halides is 1. The van der Waals surface area contributed by atoms with Gasteiger partial charge in [-0.3, -0.25) is 0 Å². The van der Waals surface area contributed by atoms with Crippen LogP contribution in [-0.2, 0) is 4.79 Å². The van der Waals surface area contributed by atoms with Crippen LogP contribution in [0.15, 0.2) is 5.29 Å². The largest absolute Gasteiger partial charge is 0.394 e. The van der Waals surface area contributed by atoms with Crippen molar-refractivity contribution in [3.8, 4) is 0 Å². The van der Waals surface area contributed by atoms with E-state index in [0.717, 1.165) is 0 Å². The summed E-state index contributed by atoms with van der Waals surface area (Å²) in [6.45, 7) is -2.60. The molecule has 0 saturated heterocycles. The number of nitroso groups, excluding NO2 is 1. The van der Waals surface area contributed by atoms with Gasteiger partial charge in [-0.05, 0) is 0 Å². The van der Waals surface area contributed by atoms with E-state index in [1.54, 1.807) is 0 Å². The van der Waals surface area contributed by atoms with E-state index in [9.17, 15) is 29.1 Å². The highest BCUT2D eigenvalue weighted by Crippen LogP contribution is 2.05.